The molecule has 1 amide bonds. The molecule has 3 fully saturated rings. The topological polar surface area (TPSA) is 88.1 Å². The molecule has 3 aliphatic rings. The van der Waals surface area contributed by atoms with Gasteiger partial charge < -0.3 is 19.9 Å². The summed E-state index contributed by atoms with van der Waals surface area (Å²) in [4.78, 5) is 23.7. The SMILES string of the molecule is COc1ccc(CN2CCC3(CCC(C(=O)NCC4CC4)O3)CC2)cc1.O=C(O)C(F)(F)F. The quantitative estimate of drug-likeness (QED) is 0.660. The Kier molecular flexibility index (Phi) is 8.23. The van der Waals surface area contributed by atoms with Crippen molar-refractivity contribution in [3.8, 4) is 5.75 Å². The van der Waals surface area contributed by atoms with Gasteiger partial charge in [-0.2, -0.15) is 13.2 Å². The summed E-state index contributed by atoms with van der Waals surface area (Å²) in [6.45, 7) is 3.86. The van der Waals surface area contributed by atoms with Gasteiger partial charge in [0.2, 0.25) is 5.91 Å². The van der Waals surface area contributed by atoms with Crippen LogP contribution >= 0.6 is 0 Å². The number of carbonyl (C=O) groups excluding carboxylic acids is 1. The Morgan fingerprint density at radius 1 is 1.15 bits per heavy atom. The van der Waals surface area contributed by atoms with E-state index in [1.54, 1.807) is 7.11 Å². The fourth-order valence-electron chi connectivity index (χ4n) is 4.15. The molecule has 0 radical (unpaired) electrons. The van der Waals surface area contributed by atoms with Crippen molar-refractivity contribution in [1.29, 1.82) is 0 Å². The van der Waals surface area contributed by atoms with Crippen LogP contribution in [0.25, 0.3) is 0 Å². The first-order valence-electron chi connectivity index (χ1n) is 11.2. The molecular weight excluding hydrogens is 441 g/mol. The molecule has 1 saturated carbocycles. The van der Waals surface area contributed by atoms with Crippen LogP contribution in [-0.2, 0) is 20.9 Å². The van der Waals surface area contributed by atoms with Gasteiger partial charge in [-0.25, -0.2) is 4.79 Å². The number of amides is 1. The van der Waals surface area contributed by atoms with Crippen LogP contribution in [-0.4, -0.2) is 66.5 Å². The highest BCUT2D eigenvalue weighted by Crippen LogP contribution is 2.39. The maximum atomic E-state index is 12.3. The minimum absolute atomic E-state index is 0.0714. The van der Waals surface area contributed by atoms with Gasteiger partial charge in [0.05, 0.1) is 12.7 Å². The van der Waals surface area contributed by atoms with Crippen LogP contribution in [0.5, 0.6) is 5.75 Å². The Morgan fingerprint density at radius 3 is 2.27 bits per heavy atom. The molecule has 0 aromatic heterocycles. The summed E-state index contributed by atoms with van der Waals surface area (Å²) in [6, 6.07) is 8.31. The van der Waals surface area contributed by atoms with E-state index in [1.807, 2.05) is 12.1 Å². The third-order valence-electron chi connectivity index (χ3n) is 6.38. The molecule has 1 aromatic carbocycles. The maximum absolute atomic E-state index is 12.3. The van der Waals surface area contributed by atoms with Gasteiger partial charge in [-0.3, -0.25) is 9.69 Å². The second-order valence-electron chi connectivity index (χ2n) is 8.94. The van der Waals surface area contributed by atoms with Crippen molar-refractivity contribution in [1.82, 2.24) is 10.2 Å². The summed E-state index contributed by atoms with van der Waals surface area (Å²) in [5, 5.41) is 10.2. The predicted molar refractivity (Wildman–Crippen MR) is 114 cm³/mol. The van der Waals surface area contributed by atoms with E-state index in [2.05, 4.69) is 22.3 Å². The van der Waals surface area contributed by atoms with Crippen molar-refractivity contribution in [3.05, 3.63) is 29.8 Å². The van der Waals surface area contributed by atoms with Gasteiger partial charge in [0, 0.05) is 26.2 Å². The van der Waals surface area contributed by atoms with E-state index in [0.29, 0.717) is 0 Å². The van der Waals surface area contributed by atoms with Gasteiger partial charge in [0.25, 0.3) is 0 Å². The van der Waals surface area contributed by atoms with Gasteiger partial charge in [-0.05, 0) is 62.1 Å². The average molecular weight is 473 g/mol. The number of carboxylic acids is 1. The van der Waals surface area contributed by atoms with Gasteiger partial charge in [0.1, 0.15) is 11.9 Å². The highest BCUT2D eigenvalue weighted by atomic mass is 19.4. The van der Waals surface area contributed by atoms with Crippen LogP contribution in [0.3, 0.4) is 0 Å². The molecule has 33 heavy (non-hydrogen) atoms. The van der Waals surface area contributed by atoms with Crippen molar-refractivity contribution in [3.63, 3.8) is 0 Å². The van der Waals surface area contributed by atoms with E-state index in [0.717, 1.165) is 63.5 Å². The standard InChI is InChI=1S/C21H30N2O3.C2HF3O2/c1-25-18-6-4-17(5-7-18)15-23-12-10-21(11-13-23)9-8-19(26-21)20(24)22-14-16-2-3-16;3-2(4,5)1(6)7/h4-7,16,19H,2-3,8-15H2,1H3,(H,22,24);(H,6,7). The highest BCUT2D eigenvalue weighted by Gasteiger charge is 2.44. The Balaban J connectivity index is 0.000000383. The third kappa shape index (κ3) is 7.60. The molecule has 1 atom stereocenters. The molecule has 1 aromatic rings. The van der Waals surface area contributed by atoms with Gasteiger partial charge in [0.15, 0.2) is 0 Å². The summed E-state index contributed by atoms with van der Waals surface area (Å²) in [5.74, 6) is -1.03. The molecule has 1 aliphatic carbocycles. The third-order valence-corrected chi connectivity index (χ3v) is 6.38. The monoisotopic (exact) mass is 472 g/mol. The fourth-order valence-corrected chi connectivity index (χ4v) is 4.15. The van der Waals surface area contributed by atoms with Crippen LogP contribution in [0.2, 0.25) is 0 Å². The van der Waals surface area contributed by atoms with E-state index < -0.39 is 12.1 Å². The zero-order chi connectivity index (χ0) is 24.1. The number of rotatable bonds is 6. The number of hydrogen-bond acceptors (Lipinski definition) is 5. The van der Waals surface area contributed by atoms with E-state index >= 15 is 0 Å². The number of alkyl halides is 3. The minimum Gasteiger partial charge on any atom is -0.497 e. The number of nitrogens with one attached hydrogen (secondary N) is 1. The summed E-state index contributed by atoms with van der Waals surface area (Å²) < 4.78 is 43.2. The summed E-state index contributed by atoms with van der Waals surface area (Å²) in [7, 11) is 1.69. The fraction of sp³-hybridized carbons (Fsp3) is 0.652. The molecule has 1 spiro atoms. The van der Waals surface area contributed by atoms with Crippen molar-refractivity contribution >= 4 is 11.9 Å². The number of likely N-dealkylation sites (tertiary alicyclic amines) is 1. The number of carboxylic acid groups (broad SMARTS) is 1. The normalized spacial score (nSPS) is 22.4. The summed E-state index contributed by atoms with van der Waals surface area (Å²) in [5.41, 5.74) is 1.24. The lowest BCUT2D eigenvalue weighted by Gasteiger charge is -2.39. The number of benzene rings is 1. The number of aliphatic carboxylic acids is 1. The number of halogens is 3. The molecular formula is C23H31F3N2O5. The molecule has 0 bridgehead atoms. The molecule has 10 heteroatoms. The first-order valence-corrected chi connectivity index (χ1v) is 11.2. The second-order valence-corrected chi connectivity index (χ2v) is 8.94. The molecule has 2 heterocycles. The van der Waals surface area contributed by atoms with Crippen LogP contribution in [0.15, 0.2) is 24.3 Å². The largest absolute Gasteiger partial charge is 0.497 e. The van der Waals surface area contributed by atoms with Crippen LogP contribution in [0.1, 0.15) is 44.1 Å². The van der Waals surface area contributed by atoms with Gasteiger partial charge in [-0.15, -0.1) is 0 Å². The Hall–Kier alpha value is -2.33. The molecule has 7 nitrogen and oxygen atoms in total. The molecule has 2 saturated heterocycles. The van der Waals surface area contributed by atoms with Crippen LogP contribution in [0, 0.1) is 5.92 Å². The highest BCUT2D eigenvalue weighted by molar-refractivity contribution is 5.81. The molecule has 1 unspecified atom stereocenters. The summed E-state index contributed by atoms with van der Waals surface area (Å²) >= 11 is 0. The molecule has 184 valence electrons. The Morgan fingerprint density at radius 2 is 1.76 bits per heavy atom. The first kappa shape index (κ1) is 25.3. The zero-order valence-corrected chi connectivity index (χ0v) is 18.7. The molecule has 2 aliphatic heterocycles. The lowest BCUT2D eigenvalue weighted by Crippen LogP contribution is -2.45. The van der Waals surface area contributed by atoms with Gasteiger partial charge in [-0.1, -0.05) is 12.1 Å². The van der Waals surface area contributed by atoms with E-state index in [1.165, 1.54) is 18.4 Å². The number of nitrogens with zero attached hydrogens (tertiary/aromatic N) is 1. The Labute approximate surface area is 191 Å². The van der Waals surface area contributed by atoms with E-state index in [9.17, 15) is 18.0 Å². The van der Waals surface area contributed by atoms with Crippen molar-refractivity contribution in [2.75, 3.05) is 26.7 Å². The minimum atomic E-state index is -5.08. The molecule has 2 N–H and O–H groups in total. The first-order chi connectivity index (χ1) is 15.6. The lowest BCUT2D eigenvalue weighted by molar-refractivity contribution is -0.192. The van der Waals surface area contributed by atoms with E-state index in [4.69, 9.17) is 19.4 Å². The Bertz CT molecular complexity index is 803. The van der Waals surface area contributed by atoms with Crippen LogP contribution < -0.4 is 10.1 Å². The van der Waals surface area contributed by atoms with Gasteiger partial charge >= 0.3 is 12.1 Å². The number of ether oxygens (including phenoxy) is 2. The number of methoxy groups -OCH3 is 1. The number of hydrogen-bond donors (Lipinski definition) is 2. The number of piperidine rings is 1. The smallest absolute Gasteiger partial charge is 0.490 e. The zero-order valence-electron chi connectivity index (χ0n) is 18.7. The average Bonchev–Trinajstić information content (AvgIpc) is 3.53. The lowest BCUT2D eigenvalue weighted by atomic mass is 9.88. The maximum Gasteiger partial charge on any atom is 0.490 e. The van der Waals surface area contributed by atoms with Crippen molar-refractivity contribution in [2.24, 2.45) is 5.92 Å². The van der Waals surface area contributed by atoms with Crippen molar-refractivity contribution in [2.45, 2.75) is 63.0 Å². The second kappa shape index (κ2) is 10.7. The predicted octanol–water partition coefficient (Wildman–Crippen LogP) is 3.37. The number of carbonyl (C=O) groups is 2. The van der Waals surface area contributed by atoms with E-state index in [-0.39, 0.29) is 17.6 Å². The summed E-state index contributed by atoms with van der Waals surface area (Å²) in [6.07, 6.45) is 1.15. The molecule has 4 rings (SSSR count). The van der Waals surface area contributed by atoms with Crippen LogP contribution in [0.4, 0.5) is 13.2 Å². The van der Waals surface area contributed by atoms with Crippen molar-refractivity contribution < 1.29 is 37.3 Å².